The Hall–Kier alpha value is -1.07. The number of hydrazine groups is 1. The zero-order valence-electron chi connectivity index (χ0n) is 7.32. The molecule has 5 heteroatoms. The van der Waals surface area contributed by atoms with Crippen molar-refractivity contribution in [3.63, 3.8) is 0 Å². The molecule has 0 aliphatic carbocycles. The molecule has 0 aromatic heterocycles. The molecule has 12 heavy (non-hydrogen) atoms. The molecule has 0 saturated heterocycles. The van der Waals surface area contributed by atoms with Crippen LogP contribution in [-0.2, 0) is 14.4 Å². The predicted molar refractivity (Wildman–Crippen MR) is 43.7 cm³/mol. The van der Waals surface area contributed by atoms with Gasteiger partial charge in [0.1, 0.15) is 0 Å². The SMILES string of the molecule is CCOC=O.CON1CC=CN1. The van der Waals surface area contributed by atoms with E-state index in [0.717, 1.165) is 6.54 Å². The van der Waals surface area contributed by atoms with E-state index in [0.29, 0.717) is 13.1 Å². The quantitative estimate of drug-likeness (QED) is 0.613. The Kier molecular flexibility index (Phi) is 7.31. The maximum Gasteiger partial charge on any atom is 0.293 e. The molecule has 0 bridgehead atoms. The fourth-order valence-corrected chi connectivity index (χ4v) is 0.532. The summed E-state index contributed by atoms with van der Waals surface area (Å²) in [5.74, 6) is 0. The van der Waals surface area contributed by atoms with Crippen molar-refractivity contribution >= 4 is 6.47 Å². The van der Waals surface area contributed by atoms with Gasteiger partial charge in [-0.25, -0.2) is 0 Å². The maximum atomic E-state index is 9.18. The van der Waals surface area contributed by atoms with Crippen molar-refractivity contribution in [2.24, 2.45) is 0 Å². The molecule has 0 atom stereocenters. The van der Waals surface area contributed by atoms with Crippen molar-refractivity contribution in [2.45, 2.75) is 6.92 Å². The predicted octanol–water partition coefficient (Wildman–Crippen LogP) is 0.0610. The van der Waals surface area contributed by atoms with Crippen LogP contribution in [0.1, 0.15) is 6.92 Å². The van der Waals surface area contributed by atoms with Crippen LogP contribution in [0.15, 0.2) is 12.3 Å². The van der Waals surface area contributed by atoms with E-state index in [2.05, 4.69) is 10.2 Å². The average Bonchev–Trinajstić information content (AvgIpc) is 2.58. The second kappa shape index (κ2) is 8.03. The zero-order chi connectivity index (χ0) is 9.23. The Morgan fingerprint density at radius 1 is 1.75 bits per heavy atom. The first kappa shape index (κ1) is 10.9. The van der Waals surface area contributed by atoms with Gasteiger partial charge in [-0.1, -0.05) is 5.17 Å². The Morgan fingerprint density at radius 2 is 2.50 bits per heavy atom. The highest BCUT2D eigenvalue weighted by Crippen LogP contribution is 1.88. The Bertz CT molecular complexity index is 131. The number of hydrogen-bond donors (Lipinski definition) is 1. The molecule has 5 nitrogen and oxygen atoms in total. The summed E-state index contributed by atoms with van der Waals surface area (Å²) in [6.07, 6.45) is 3.81. The fourth-order valence-electron chi connectivity index (χ4n) is 0.532. The van der Waals surface area contributed by atoms with Crippen molar-refractivity contribution in [2.75, 3.05) is 20.3 Å². The number of carbonyl (C=O) groups excluding carboxylic acids is 1. The number of nitrogens with one attached hydrogen (secondary N) is 1. The minimum absolute atomic E-state index is 0.431. The third kappa shape index (κ3) is 5.70. The molecular weight excluding hydrogens is 160 g/mol. The second-order valence-electron chi connectivity index (χ2n) is 1.83. The van der Waals surface area contributed by atoms with E-state index in [4.69, 9.17) is 4.84 Å². The van der Waals surface area contributed by atoms with Gasteiger partial charge in [-0.2, -0.15) is 0 Å². The normalized spacial score (nSPS) is 14.5. The minimum atomic E-state index is 0.431. The fraction of sp³-hybridized carbons (Fsp3) is 0.571. The van der Waals surface area contributed by atoms with Gasteiger partial charge in [0, 0.05) is 6.20 Å². The summed E-state index contributed by atoms with van der Waals surface area (Å²) < 4.78 is 4.15. The highest BCUT2D eigenvalue weighted by molar-refractivity contribution is 5.36. The summed E-state index contributed by atoms with van der Waals surface area (Å²) in [4.78, 5) is 14.0. The van der Waals surface area contributed by atoms with Crippen molar-refractivity contribution in [1.82, 2.24) is 10.6 Å². The minimum Gasteiger partial charge on any atom is -0.468 e. The lowest BCUT2D eigenvalue weighted by atomic mass is 10.7. The topological polar surface area (TPSA) is 50.8 Å². The van der Waals surface area contributed by atoms with E-state index >= 15 is 0 Å². The standard InChI is InChI=1S/C4H8N2O.C3H6O2/c1-7-6-4-2-3-5-6;1-2-5-3-4/h2-3,5H,4H2,1H3;3H,2H2,1H3. The van der Waals surface area contributed by atoms with Crippen LogP contribution in [0.3, 0.4) is 0 Å². The lowest BCUT2D eigenvalue weighted by Crippen LogP contribution is -2.28. The van der Waals surface area contributed by atoms with E-state index < -0.39 is 0 Å². The van der Waals surface area contributed by atoms with Gasteiger partial charge in [-0.3, -0.25) is 9.63 Å². The van der Waals surface area contributed by atoms with Crippen LogP contribution in [0.2, 0.25) is 0 Å². The van der Waals surface area contributed by atoms with Gasteiger partial charge in [0.05, 0.1) is 20.3 Å². The summed E-state index contributed by atoms with van der Waals surface area (Å²) in [7, 11) is 1.62. The van der Waals surface area contributed by atoms with E-state index in [9.17, 15) is 4.79 Å². The summed E-state index contributed by atoms with van der Waals surface area (Å²) >= 11 is 0. The van der Waals surface area contributed by atoms with E-state index in [1.165, 1.54) is 0 Å². The van der Waals surface area contributed by atoms with Gasteiger partial charge >= 0.3 is 0 Å². The molecule has 1 N–H and O–H groups in total. The van der Waals surface area contributed by atoms with Crippen molar-refractivity contribution in [1.29, 1.82) is 0 Å². The summed E-state index contributed by atoms with van der Waals surface area (Å²) in [5, 5.41) is 1.62. The number of rotatable bonds is 3. The lowest BCUT2D eigenvalue weighted by molar-refractivity contribution is -0.144. The van der Waals surface area contributed by atoms with Crippen LogP contribution >= 0.6 is 0 Å². The van der Waals surface area contributed by atoms with Gasteiger partial charge in [-0.15, -0.1) is 0 Å². The molecular formula is C7H14N2O3. The smallest absolute Gasteiger partial charge is 0.293 e. The molecule has 1 rings (SSSR count). The highest BCUT2D eigenvalue weighted by atomic mass is 16.7. The first-order valence-corrected chi connectivity index (χ1v) is 3.63. The first-order chi connectivity index (χ1) is 5.85. The van der Waals surface area contributed by atoms with E-state index in [1.54, 1.807) is 19.2 Å². The molecule has 70 valence electrons. The Morgan fingerprint density at radius 3 is 2.67 bits per heavy atom. The lowest BCUT2D eigenvalue weighted by Gasteiger charge is -2.09. The van der Waals surface area contributed by atoms with Crippen molar-refractivity contribution in [3.05, 3.63) is 12.3 Å². The van der Waals surface area contributed by atoms with Crippen LogP contribution in [0, 0.1) is 0 Å². The van der Waals surface area contributed by atoms with Crippen LogP contribution in [-0.4, -0.2) is 31.9 Å². The van der Waals surface area contributed by atoms with Crippen LogP contribution in [0.5, 0.6) is 0 Å². The molecule has 0 saturated carbocycles. The third-order valence-corrected chi connectivity index (χ3v) is 1.06. The average molecular weight is 174 g/mol. The molecule has 1 aliphatic heterocycles. The molecule has 0 aromatic carbocycles. The van der Waals surface area contributed by atoms with Gasteiger partial charge in [0.15, 0.2) is 0 Å². The molecule has 1 aliphatic rings. The number of carbonyl (C=O) groups is 1. The van der Waals surface area contributed by atoms with Gasteiger partial charge in [0.2, 0.25) is 0 Å². The van der Waals surface area contributed by atoms with Gasteiger partial charge in [0.25, 0.3) is 6.47 Å². The Labute approximate surface area is 71.9 Å². The zero-order valence-corrected chi connectivity index (χ0v) is 7.32. The largest absolute Gasteiger partial charge is 0.468 e. The molecule has 0 radical (unpaired) electrons. The van der Waals surface area contributed by atoms with Gasteiger partial charge < -0.3 is 10.2 Å². The number of hydroxylamine groups is 1. The number of nitrogens with zero attached hydrogens (tertiary/aromatic N) is 1. The molecule has 0 amide bonds. The van der Waals surface area contributed by atoms with Crippen LogP contribution in [0.4, 0.5) is 0 Å². The van der Waals surface area contributed by atoms with Crippen molar-refractivity contribution < 1.29 is 14.4 Å². The molecule has 0 aromatic rings. The first-order valence-electron chi connectivity index (χ1n) is 3.63. The maximum absolute atomic E-state index is 9.18. The number of hydrogen-bond acceptors (Lipinski definition) is 5. The third-order valence-electron chi connectivity index (χ3n) is 1.06. The van der Waals surface area contributed by atoms with Gasteiger partial charge in [-0.05, 0) is 13.0 Å². The second-order valence-corrected chi connectivity index (χ2v) is 1.83. The van der Waals surface area contributed by atoms with E-state index in [-0.39, 0.29) is 0 Å². The number of ether oxygens (including phenoxy) is 1. The Balaban J connectivity index is 0.000000217. The van der Waals surface area contributed by atoms with Crippen molar-refractivity contribution in [3.8, 4) is 0 Å². The monoisotopic (exact) mass is 174 g/mol. The summed E-state index contributed by atoms with van der Waals surface area (Å²) in [5.41, 5.74) is 2.84. The molecule has 1 heterocycles. The van der Waals surface area contributed by atoms with Crippen LogP contribution < -0.4 is 5.43 Å². The molecule has 0 fully saturated rings. The highest BCUT2D eigenvalue weighted by Gasteiger charge is 1.99. The molecule has 0 spiro atoms. The summed E-state index contributed by atoms with van der Waals surface area (Å²) in [6, 6.07) is 0. The van der Waals surface area contributed by atoms with Crippen LogP contribution in [0.25, 0.3) is 0 Å². The van der Waals surface area contributed by atoms with E-state index in [1.807, 2.05) is 12.3 Å². The molecule has 0 unspecified atom stereocenters. The summed E-state index contributed by atoms with van der Waals surface area (Å²) in [6.45, 7) is 3.49.